The van der Waals surface area contributed by atoms with Gasteiger partial charge in [-0.15, -0.1) is 0 Å². The SMILES string of the molecule is c1ccc(N2c3cc4c(cc3B3c5ccccc5N(c5ccc6c(c5)-c5ccccc5C65C6CCC5CC6)c5cccc2c53)-c2ccccc2C42C3CCC2CC3)cc1. The second kappa shape index (κ2) is 11.1. The molecule has 0 aromatic heterocycles. The van der Waals surface area contributed by atoms with Crippen molar-refractivity contribution >= 4 is 57.2 Å². The smallest absolute Gasteiger partial charge is 0.252 e. The van der Waals surface area contributed by atoms with Crippen LogP contribution in [-0.2, 0) is 10.8 Å². The van der Waals surface area contributed by atoms with Gasteiger partial charge in [0.25, 0.3) is 6.71 Å². The van der Waals surface area contributed by atoms with E-state index in [2.05, 4.69) is 161 Å². The third kappa shape index (κ3) is 3.64. The van der Waals surface area contributed by atoms with Crippen molar-refractivity contribution in [2.75, 3.05) is 9.80 Å². The van der Waals surface area contributed by atoms with Gasteiger partial charge in [0.1, 0.15) is 0 Å². The topological polar surface area (TPSA) is 6.48 Å². The molecule has 4 saturated carbocycles. The molecule has 4 fully saturated rings. The van der Waals surface area contributed by atoms with E-state index in [1.807, 2.05) is 0 Å². The van der Waals surface area contributed by atoms with Gasteiger partial charge in [0.2, 0.25) is 0 Å². The Morgan fingerprint density at radius 1 is 0.356 bits per heavy atom. The van der Waals surface area contributed by atoms with E-state index >= 15 is 0 Å². The molecule has 0 atom stereocenters. The first-order valence-electron chi connectivity index (χ1n) is 22.7. The minimum atomic E-state index is 0.116. The summed E-state index contributed by atoms with van der Waals surface area (Å²) in [6.07, 6.45) is 10.9. The Balaban J connectivity index is 0.981. The van der Waals surface area contributed by atoms with E-state index in [1.165, 1.54) is 124 Å². The van der Waals surface area contributed by atoms with Crippen molar-refractivity contribution in [3.8, 4) is 22.3 Å². The second-order valence-electron chi connectivity index (χ2n) is 19.3. The highest BCUT2D eigenvalue weighted by molar-refractivity contribution is 7.00. The summed E-state index contributed by atoms with van der Waals surface area (Å²) in [5.41, 5.74) is 24.6. The Labute approximate surface area is 347 Å². The van der Waals surface area contributed by atoms with Crippen molar-refractivity contribution in [2.45, 2.75) is 62.2 Å². The molecule has 2 nitrogen and oxygen atoms in total. The molecule has 15 rings (SSSR count). The number of fused-ring (bicyclic) bond motifs is 10. The lowest BCUT2D eigenvalue weighted by atomic mass is 9.33. The van der Waals surface area contributed by atoms with Crippen LogP contribution in [0, 0.1) is 23.7 Å². The fourth-order valence-corrected chi connectivity index (χ4v) is 15.8. The summed E-state index contributed by atoms with van der Waals surface area (Å²) < 4.78 is 0. The fraction of sp³-hybridized carbons (Fsp3) is 0.250. The van der Waals surface area contributed by atoms with Gasteiger partial charge in [0.15, 0.2) is 0 Å². The fourth-order valence-electron chi connectivity index (χ4n) is 15.8. The highest BCUT2D eigenvalue weighted by atomic mass is 15.2. The summed E-state index contributed by atoms with van der Waals surface area (Å²) in [5, 5.41) is 0. The van der Waals surface area contributed by atoms with E-state index in [1.54, 1.807) is 22.3 Å². The predicted molar refractivity (Wildman–Crippen MR) is 244 cm³/mol. The van der Waals surface area contributed by atoms with Crippen molar-refractivity contribution in [3.63, 3.8) is 0 Å². The number of hydrogen-bond donors (Lipinski definition) is 0. The molecule has 7 aromatic rings. The first-order valence-corrected chi connectivity index (χ1v) is 22.7. The van der Waals surface area contributed by atoms with Crippen molar-refractivity contribution in [1.29, 1.82) is 0 Å². The summed E-state index contributed by atoms with van der Waals surface area (Å²) in [4.78, 5) is 5.24. The molecular formula is C56H45BN2. The monoisotopic (exact) mass is 756 g/mol. The molecule has 2 spiro atoms. The van der Waals surface area contributed by atoms with Crippen LogP contribution >= 0.6 is 0 Å². The number of rotatable bonds is 2. The molecule has 59 heavy (non-hydrogen) atoms. The summed E-state index contributed by atoms with van der Waals surface area (Å²) in [5.74, 6) is 2.97. The number of nitrogens with zero attached hydrogens (tertiary/aromatic N) is 2. The van der Waals surface area contributed by atoms with E-state index < -0.39 is 0 Å². The molecule has 0 N–H and O–H groups in total. The molecule has 4 bridgehead atoms. The summed E-state index contributed by atoms with van der Waals surface area (Å²) in [6, 6.07) is 59.7. The third-order valence-electron chi connectivity index (χ3n) is 17.6. The van der Waals surface area contributed by atoms with E-state index in [-0.39, 0.29) is 17.5 Å². The number of hydrogen-bond acceptors (Lipinski definition) is 2. The Kier molecular flexibility index (Phi) is 6.02. The van der Waals surface area contributed by atoms with Crippen LogP contribution in [0.5, 0.6) is 0 Å². The average Bonchev–Trinajstić information content (AvgIpc) is 4.15. The molecule has 0 radical (unpaired) electrons. The van der Waals surface area contributed by atoms with Crippen LogP contribution in [0.4, 0.5) is 34.1 Å². The normalized spacial score (nSPS) is 27.5. The number of anilines is 6. The van der Waals surface area contributed by atoms with Gasteiger partial charge in [-0.05, 0) is 184 Å². The molecule has 0 saturated heterocycles. The highest BCUT2D eigenvalue weighted by Gasteiger charge is 2.61. The van der Waals surface area contributed by atoms with Gasteiger partial charge in [-0.25, -0.2) is 0 Å². The lowest BCUT2D eigenvalue weighted by molar-refractivity contribution is 0.400. The minimum absolute atomic E-state index is 0.116. The summed E-state index contributed by atoms with van der Waals surface area (Å²) in [7, 11) is 0. The van der Waals surface area contributed by atoms with Gasteiger partial charge in [0.05, 0.1) is 0 Å². The molecule has 2 aliphatic heterocycles. The summed E-state index contributed by atoms with van der Waals surface area (Å²) >= 11 is 0. The Morgan fingerprint density at radius 3 is 1.53 bits per heavy atom. The molecule has 0 amide bonds. The van der Waals surface area contributed by atoms with Crippen molar-refractivity contribution in [3.05, 3.63) is 174 Å². The second-order valence-corrected chi connectivity index (χ2v) is 19.3. The molecule has 2 heterocycles. The zero-order valence-corrected chi connectivity index (χ0v) is 33.4. The zero-order chi connectivity index (χ0) is 38.2. The van der Waals surface area contributed by atoms with Crippen molar-refractivity contribution in [2.24, 2.45) is 23.7 Å². The minimum Gasteiger partial charge on any atom is -0.311 e. The van der Waals surface area contributed by atoms with Gasteiger partial charge < -0.3 is 9.80 Å². The maximum atomic E-state index is 2.70. The van der Waals surface area contributed by atoms with Gasteiger partial charge in [0, 0.05) is 45.0 Å². The molecule has 8 aliphatic rings. The predicted octanol–water partition coefficient (Wildman–Crippen LogP) is 11.9. The Morgan fingerprint density at radius 2 is 0.864 bits per heavy atom. The molecular weight excluding hydrogens is 711 g/mol. The molecule has 0 unspecified atom stereocenters. The van der Waals surface area contributed by atoms with Crippen LogP contribution in [0.25, 0.3) is 22.3 Å². The largest absolute Gasteiger partial charge is 0.311 e. The molecule has 282 valence electrons. The molecule has 3 heteroatoms. The van der Waals surface area contributed by atoms with Crippen molar-refractivity contribution < 1.29 is 0 Å². The van der Waals surface area contributed by atoms with Gasteiger partial charge in [-0.1, -0.05) is 103 Å². The molecule has 6 aliphatic carbocycles. The van der Waals surface area contributed by atoms with E-state index in [0.29, 0.717) is 0 Å². The highest BCUT2D eigenvalue weighted by Crippen LogP contribution is 2.69. The van der Waals surface area contributed by atoms with Gasteiger partial charge in [-0.2, -0.15) is 0 Å². The van der Waals surface area contributed by atoms with Crippen LogP contribution < -0.4 is 26.2 Å². The van der Waals surface area contributed by atoms with Crippen LogP contribution in [0.1, 0.15) is 73.6 Å². The van der Waals surface area contributed by atoms with Gasteiger partial charge in [-0.3, -0.25) is 0 Å². The first kappa shape index (κ1) is 32.1. The number of para-hydroxylation sites is 2. The maximum absolute atomic E-state index is 2.70. The lowest BCUT2D eigenvalue weighted by Crippen LogP contribution is -2.61. The maximum Gasteiger partial charge on any atom is 0.252 e. The zero-order valence-electron chi connectivity index (χ0n) is 33.4. The van der Waals surface area contributed by atoms with E-state index in [0.717, 1.165) is 23.7 Å². The molecule has 7 aromatic carbocycles. The Bertz CT molecular complexity index is 2940. The standard InChI is InChI=1S/C56H45BN2/c1-2-11-38(12-3-1)58-51-19-10-20-52-54(51)57(49-32-43-41-14-5-7-16-45(41)56(47(43)33-53(49)58)36-25-26-37(56)28-27-36)48-17-8-9-18-50(48)59(52)39-29-30-46-42(31-39)40-13-4-6-15-44(40)55(46)34-21-22-35(55)24-23-34/h1-20,29-37H,21-28H2. The Hall–Kier alpha value is -5.80. The lowest BCUT2D eigenvalue weighted by Gasteiger charge is -2.44. The van der Waals surface area contributed by atoms with Gasteiger partial charge >= 0.3 is 0 Å². The van der Waals surface area contributed by atoms with Crippen LogP contribution in [0.2, 0.25) is 0 Å². The van der Waals surface area contributed by atoms with E-state index in [9.17, 15) is 0 Å². The van der Waals surface area contributed by atoms with Crippen LogP contribution in [0.3, 0.4) is 0 Å². The van der Waals surface area contributed by atoms with Crippen LogP contribution in [-0.4, -0.2) is 6.71 Å². The van der Waals surface area contributed by atoms with E-state index in [4.69, 9.17) is 0 Å². The van der Waals surface area contributed by atoms with Crippen molar-refractivity contribution in [1.82, 2.24) is 0 Å². The summed E-state index contributed by atoms with van der Waals surface area (Å²) in [6.45, 7) is 0.116. The quantitative estimate of drug-likeness (QED) is 0.162. The number of benzene rings is 7. The average molecular weight is 757 g/mol. The van der Waals surface area contributed by atoms with Crippen LogP contribution in [0.15, 0.2) is 152 Å². The first-order chi connectivity index (χ1) is 29.3. The third-order valence-corrected chi connectivity index (χ3v) is 17.6.